The lowest BCUT2D eigenvalue weighted by molar-refractivity contribution is -0.110. The summed E-state index contributed by atoms with van der Waals surface area (Å²) in [6.45, 7) is 2.15. The molecule has 1 heterocycles. The summed E-state index contributed by atoms with van der Waals surface area (Å²) in [7, 11) is 0. The minimum atomic E-state index is 0.121. The van der Waals surface area contributed by atoms with E-state index in [1.54, 1.807) is 0 Å². The smallest absolute Gasteiger partial charge is 0.207 e. The average Bonchev–Trinajstić information content (AvgIpc) is 2.30. The fraction of sp³-hybridized carbons (Fsp3) is 0.417. The third-order valence-electron chi connectivity index (χ3n) is 3.03. The molecule has 4 heteroatoms. The van der Waals surface area contributed by atoms with E-state index in [0.29, 0.717) is 6.04 Å². The molecule has 1 aliphatic heterocycles. The molecule has 0 fully saturated rings. The Morgan fingerprint density at radius 2 is 2.44 bits per heavy atom. The maximum Gasteiger partial charge on any atom is 0.207 e. The lowest BCUT2D eigenvalue weighted by Crippen LogP contribution is -2.33. The van der Waals surface area contributed by atoms with Gasteiger partial charge in [0.25, 0.3) is 0 Å². The first-order valence-electron chi connectivity index (χ1n) is 5.50. The highest BCUT2D eigenvalue weighted by molar-refractivity contribution is 9.10. The van der Waals surface area contributed by atoms with Crippen molar-refractivity contribution >= 4 is 28.0 Å². The molecule has 1 aromatic carbocycles. The van der Waals surface area contributed by atoms with Gasteiger partial charge in [0.05, 0.1) is 6.04 Å². The van der Waals surface area contributed by atoms with Crippen LogP contribution < -0.4 is 10.6 Å². The number of anilines is 1. The van der Waals surface area contributed by atoms with Crippen molar-refractivity contribution in [1.29, 1.82) is 0 Å². The van der Waals surface area contributed by atoms with Crippen LogP contribution >= 0.6 is 15.9 Å². The second kappa shape index (κ2) is 4.87. The molecule has 16 heavy (non-hydrogen) atoms. The van der Waals surface area contributed by atoms with Crippen LogP contribution in [0.3, 0.4) is 0 Å². The summed E-state index contributed by atoms with van der Waals surface area (Å²) in [5, 5.41) is 6.38. The number of nitrogens with one attached hydrogen (secondary N) is 2. The zero-order chi connectivity index (χ0) is 11.5. The van der Waals surface area contributed by atoms with Crippen LogP contribution in [-0.2, 0) is 4.79 Å². The van der Waals surface area contributed by atoms with Gasteiger partial charge in [-0.3, -0.25) is 4.79 Å². The van der Waals surface area contributed by atoms with Gasteiger partial charge in [-0.1, -0.05) is 22.9 Å². The second-order valence-electron chi connectivity index (χ2n) is 4.05. The predicted octanol–water partition coefficient (Wildman–Crippen LogP) is 2.83. The molecule has 0 radical (unpaired) electrons. The minimum Gasteiger partial charge on any atom is -0.382 e. The van der Waals surface area contributed by atoms with Crippen molar-refractivity contribution in [2.24, 2.45) is 0 Å². The summed E-state index contributed by atoms with van der Waals surface area (Å²) >= 11 is 3.46. The van der Waals surface area contributed by atoms with Crippen LogP contribution in [0.5, 0.6) is 0 Å². The van der Waals surface area contributed by atoms with E-state index in [9.17, 15) is 4.79 Å². The van der Waals surface area contributed by atoms with Gasteiger partial charge in [-0.05, 0) is 36.6 Å². The number of halogens is 1. The zero-order valence-electron chi connectivity index (χ0n) is 9.16. The van der Waals surface area contributed by atoms with Gasteiger partial charge in [0, 0.05) is 16.2 Å². The van der Waals surface area contributed by atoms with Crippen LogP contribution in [0.4, 0.5) is 5.69 Å². The van der Waals surface area contributed by atoms with Crippen LogP contribution in [0.25, 0.3) is 0 Å². The Labute approximate surface area is 104 Å². The number of benzene rings is 1. The van der Waals surface area contributed by atoms with Crippen molar-refractivity contribution in [2.45, 2.75) is 31.8 Å². The Bertz CT molecular complexity index is 395. The summed E-state index contributed by atoms with van der Waals surface area (Å²) in [5.41, 5.74) is 2.28. The topological polar surface area (TPSA) is 41.1 Å². The highest BCUT2D eigenvalue weighted by Gasteiger charge is 2.25. The number of amides is 1. The molecule has 0 saturated carbocycles. The molecule has 1 aliphatic rings. The zero-order valence-corrected chi connectivity index (χ0v) is 10.8. The van der Waals surface area contributed by atoms with Gasteiger partial charge in [-0.15, -0.1) is 0 Å². The van der Waals surface area contributed by atoms with E-state index in [1.807, 2.05) is 6.07 Å². The first-order valence-corrected chi connectivity index (χ1v) is 6.29. The largest absolute Gasteiger partial charge is 0.382 e. The predicted molar refractivity (Wildman–Crippen MR) is 68.4 cm³/mol. The van der Waals surface area contributed by atoms with E-state index in [4.69, 9.17) is 0 Å². The number of hydrogen-bond acceptors (Lipinski definition) is 2. The Hall–Kier alpha value is -1.03. The van der Waals surface area contributed by atoms with Crippen LogP contribution in [0.1, 0.15) is 31.4 Å². The van der Waals surface area contributed by atoms with Gasteiger partial charge >= 0.3 is 0 Å². The average molecular weight is 283 g/mol. The Balaban J connectivity index is 2.34. The molecule has 0 aliphatic carbocycles. The molecule has 2 rings (SSSR count). The lowest BCUT2D eigenvalue weighted by Gasteiger charge is -2.32. The molecule has 1 aromatic rings. The number of rotatable bonds is 3. The first kappa shape index (κ1) is 11.5. The fourth-order valence-electron chi connectivity index (χ4n) is 2.15. The third kappa shape index (κ3) is 2.21. The van der Waals surface area contributed by atoms with E-state index in [1.165, 1.54) is 0 Å². The van der Waals surface area contributed by atoms with Crippen molar-refractivity contribution in [1.82, 2.24) is 5.32 Å². The van der Waals surface area contributed by atoms with Crippen LogP contribution in [0, 0.1) is 0 Å². The normalized spacial score (nSPS) is 23.1. The number of hydrogen-bond donors (Lipinski definition) is 2. The second-order valence-corrected chi connectivity index (χ2v) is 4.97. The van der Waals surface area contributed by atoms with E-state index in [-0.39, 0.29) is 6.04 Å². The molecule has 2 atom stereocenters. The fourth-order valence-corrected chi connectivity index (χ4v) is 2.53. The minimum absolute atomic E-state index is 0.121. The van der Waals surface area contributed by atoms with Gasteiger partial charge < -0.3 is 10.6 Å². The molecule has 0 saturated heterocycles. The van der Waals surface area contributed by atoms with Crippen molar-refractivity contribution in [2.75, 3.05) is 5.32 Å². The van der Waals surface area contributed by atoms with Gasteiger partial charge in [0.2, 0.25) is 6.41 Å². The molecule has 86 valence electrons. The monoisotopic (exact) mass is 282 g/mol. The van der Waals surface area contributed by atoms with Crippen molar-refractivity contribution in [3.05, 3.63) is 28.2 Å². The molecule has 0 spiro atoms. The summed E-state index contributed by atoms with van der Waals surface area (Å²) in [6.07, 6.45) is 2.79. The van der Waals surface area contributed by atoms with Crippen molar-refractivity contribution in [3.63, 3.8) is 0 Å². The van der Waals surface area contributed by atoms with E-state index in [0.717, 1.165) is 35.0 Å². The molecular weight excluding hydrogens is 268 g/mol. The lowest BCUT2D eigenvalue weighted by atomic mass is 9.92. The van der Waals surface area contributed by atoms with E-state index in [2.05, 4.69) is 45.6 Å². The molecule has 0 bridgehead atoms. The molecule has 0 unspecified atom stereocenters. The first-order chi connectivity index (χ1) is 7.74. The summed E-state index contributed by atoms with van der Waals surface area (Å²) in [5.74, 6) is 0. The summed E-state index contributed by atoms with van der Waals surface area (Å²) in [6, 6.07) is 6.69. The third-order valence-corrected chi connectivity index (χ3v) is 3.52. The highest BCUT2D eigenvalue weighted by Crippen LogP contribution is 2.34. The van der Waals surface area contributed by atoms with Crippen molar-refractivity contribution in [3.8, 4) is 0 Å². The van der Waals surface area contributed by atoms with Gasteiger partial charge in [-0.25, -0.2) is 0 Å². The Morgan fingerprint density at radius 3 is 3.12 bits per heavy atom. The van der Waals surface area contributed by atoms with Gasteiger partial charge in [0.15, 0.2) is 0 Å². The van der Waals surface area contributed by atoms with Gasteiger partial charge in [0.1, 0.15) is 0 Å². The summed E-state index contributed by atoms with van der Waals surface area (Å²) in [4.78, 5) is 10.6. The number of carbonyl (C=O) groups excluding carboxylic acids is 1. The van der Waals surface area contributed by atoms with Crippen LogP contribution in [-0.4, -0.2) is 12.5 Å². The summed E-state index contributed by atoms with van der Waals surface area (Å²) < 4.78 is 1.04. The standard InChI is InChI=1S/C12H15BrN2O/c1-2-9-6-12(14-7-16)10-5-8(13)3-4-11(10)15-9/h3-5,7,9,12,15H,2,6H2,1H3,(H,14,16)/t9-,12+/m0/s1. The molecule has 3 nitrogen and oxygen atoms in total. The maximum atomic E-state index is 10.6. The van der Waals surface area contributed by atoms with Crippen molar-refractivity contribution < 1.29 is 4.79 Å². The molecular formula is C12H15BrN2O. The number of carbonyl (C=O) groups is 1. The Morgan fingerprint density at radius 1 is 1.62 bits per heavy atom. The number of fused-ring (bicyclic) bond motifs is 1. The van der Waals surface area contributed by atoms with Gasteiger partial charge in [-0.2, -0.15) is 0 Å². The molecule has 1 amide bonds. The van der Waals surface area contributed by atoms with E-state index < -0.39 is 0 Å². The maximum absolute atomic E-state index is 10.6. The van der Waals surface area contributed by atoms with Crippen LogP contribution in [0.15, 0.2) is 22.7 Å². The van der Waals surface area contributed by atoms with E-state index >= 15 is 0 Å². The molecule has 2 N–H and O–H groups in total. The Kier molecular flexibility index (Phi) is 3.49. The van der Waals surface area contributed by atoms with Crippen LogP contribution in [0.2, 0.25) is 0 Å². The quantitative estimate of drug-likeness (QED) is 0.837. The molecule has 0 aromatic heterocycles. The SMILES string of the molecule is CC[C@H]1C[C@@H](NC=O)c2cc(Br)ccc2N1. The highest BCUT2D eigenvalue weighted by atomic mass is 79.9.